The Hall–Kier alpha value is -2.60. The lowest BCUT2D eigenvalue weighted by atomic mass is 9.85. The van der Waals surface area contributed by atoms with Crippen LogP contribution in [0.4, 0.5) is 5.82 Å². The van der Waals surface area contributed by atoms with Gasteiger partial charge < -0.3 is 25.0 Å². The van der Waals surface area contributed by atoms with Gasteiger partial charge in [-0.05, 0) is 82.1 Å². The second-order valence-electron chi connectivity index (χ2n) is 12.1. The summed E-state index contributed by atoms with van der Waals surface area (Å²) in [6.07, 6.45) is 18.5. The standard InChI is InChI=1S/C23H37N5O.C9H11NO.CH3Cl/c1-18(24-20-5-3-2-4-6-20)22-7-8-23(26-25-22)28-15-9-19(10-16-28)17-27-13-11-21(29)12-14-27;1-9(7-10)5-3-8(11-2)4-6-9;1-2/h7-8,19-21,24,29H,1-6,9-17H2;3-5H,6H2,1-2H3;1H3. The van der Waals surface area contributed by atoms with E-state index in [0.717, 1.165) is 74.3 Å². The van der Waals surface area contributed by atoms with Gasteiger partial charge >= 0.3 is 0 Å². The van der Waals surface area contributed by atoms with Crippen molar-refractivity contribution in [3.05, 3.63) is 48.4 Å². The lowest BCUT2D eigenvalue weighted by Gasteiger charge is -2.37. The number of piperidine rings is 2. The number of hydrogen-bond acceptors (Lipinski definition) is 8. The molecule has 8 nitrogen and oxygen atoms in total. The van der Waals surface area contributed by atoms with E-state index in [-0.39, 0.29) is 11.5 Å². The lowest BCUT2D eigenvalue weighted by Crippen LogP contribution is -2.42. The van der Waals surface area contributed by atoms with Crippen LogP contribution in [0.1, 0.15) is 76.8 Å². The fourth-order valence-electron chi connectivity index (χ4n) is 5.98. The second kappa shape index (κ2) is 17.5. The Kier molecular flexibility index (Phi) is 14.1. The topological polar surface area (TPSA) is 97.5 Å². The number of rotatable bonds is 7. The second-order valence-corrected chi connectivity index (χ2v) is 12.1. The molecule has 1 aromatic heterocycles. The predicted octanol–water partition coefficient (Wildman–Crippen LogP) is 5.90. The first-order chi connectivity index (χ1) is 20.4. The highest BCUT2D eigenvalue weighted by molar-refractivity contribution is 6.15. The summed E-state index contributed by atoms with van der Waals surface area (Å²) >= 11 is 4.64. The first-order valence-electron chi connectivity index (χ1n) is 15.5. The van der Waals surface area contributed by atoms with Crippen molar-refractivity contribution in [3.8, 4) is 6.07 Å². The number of halogens is 1. The van der Waals surface area contributed by atoms with Gasteiger partial charge in [0.15, 0.2) is 5.82 Å². The predicted molar refractivity (Wildman–Crippen MR) is 172 cm³/mol. The van der Waals surface area contributed by atoms with Gasteiger partial charge in [0.2, 0.25) is 0 Å². The fraction of sp³-hybridized carbons (Fsp3) is 0.667. The molecule has 2 N–H and O–H groups in total. The minimum Gasteiger partial charge on any atom is -0.497 e. The third-order valence-corrected chi connectivity index (χ3v) is 8.79. The molecule has 232 valence electrons. The number of aliphatic hydroxyl groups is 1. The van der Waals surface area contributed by atoms with Crippen LogP contribution in [0.5, 0.6) is 0 Å². The summed E-state index contributed by atoms with van der Waals surface area (Å²) in [6, 6.07) is 6.94. The maximum Gasteiger partial charge on any atom is 0.151 e. The molecule has 3 fully saturated rings. The van der Waals surface area contributed by atoms with E-state index in [1.165, 1.54) is 57.9 Å². The van der Waals surface area contributed by atoms with Gasteiger partial charge in [0.1, 0.15) is 11.5 Å². The SMILES string of the molecule is C=C(NC1CCCCC1)c1ccc(N2CCC(CN3CCC(O)CC3)CC2)nn1.CCl.COC1=CCC(C)(C#N)C=C1. The van der Waals surface area contributed by atoms with Crippen molar-refractivity contribution >= 4 is 23.1 Å². The first-order valence-corrected chi connectivity index (χ1v) is 16.3. The molecule has 0 amide bonds. The van der Waals surface area contributed by atoms with Gasteiger partial charge in [0.25, 0.3) is 0 Å². The molecule has 0 bridgehead atoms. The highest BCUT2D eigenvalue weighted by Gasteiger charge is 2.25. The van der Waals surface area contributed by atoms with Crippen molar-refractivity contribution in [1.82, 2.24) is 20.4 Å². The van der Waals surface area contributed by atoms with Gasteiger partial charge in [-0.1, -0.05) is 31.9 Å². The smallest absolute Gasteiger partial charge is 0.151 e. The van der Waals surface area contributed by atoms with E-state index < -0.39 is 0 Å². The van der Waals surface area contributed by atoms with Crippen LogP contribution >= 0.6 is 11.6 Å². The molecule has 4 aliphatic rings. The van der Waals surface area contributed by atoms with E-state index in [1.807, 2.05) is 25.2 Å². The molecule has 2 aliphatic carbocycles. The third kappa shape index (κ3) is 10.6. The minimum absolute atomic E-state index is 0.0800. The first kappa shape index (κ1) is 33.9. The van der Waals surface area contributed by atoms with Crippen LogP contribution in [-0.4, -0.2) is 78.6 Å². The minimum atomic E-state index is -0.331. The summed E-state index contributed by atoms with van der Waals surface area (Å²) in [4.78, 5) is 4.90. The molecule has 2 saturated heterocycles. The number of hydrogen-bond donors (Lipinski definition) is 2. The Morgan fingerprint density at radius 2 is 1.79 bits per heavy atom. The number of nitriles is 1. The van der Waals surface area contributed by atoms with Crippen molar-refractivity contribution in [2.24, 2.45) is 11.3 Å². The number of likely N-dealkylation sites (tertiary alicyclic amines) is 1. The molecule has 1 aromatic rings. The Balaban J connectivity index is 0.000000313. The number of aromatic nitrogens is 2. The molecule has 5 rings (SSSR count). The molecule has 1 atom stereocenters. The molecule has 42 heavy (non-hydrogen) atoms. The maximum atomic E-state index is 9.67. The zero-order valence-electron chi connectivity index (χ0n) is 25.9. The summed E-state index contributed by atoms with van der Waals surface area (Å²) in [5.41, 5.74) is 1.44. The number of nitrogens with zero attached hydrogens (tertiary/aromatic N) is 5. The van der Waals surface area contributed by atoms with Gasteiger partial charge in [-0.25, -0.2) is 0 Å². The molecular formula is C33H51ClN6O2. The number of alkyl halides is 1. The van der Waals surface area contributed by atoms with E-state index in [2.05, 4.69) is 61.7 Å². The molecule has 2 aliphatic heterocycles. The van der Waals surface area contributed by atoms with Gasteiger partial charge in [0.05, 0.1) is 30.4 Å². The van der Waals surface area contributed by atoms with Crippen LogP contribution in [0.15, 0.2) is 42.7 Å². The van der Waals surface area contributed by atoms with Crippen molar-refractivity contribution in [2.45, 2.75) is 83.3 Å². The van der Waals surface area contributed by atoms with Crippen LogP contribution in [0.3, 0.4) is 0 Å². The highest BCUT2D eigenvalue weighted by atomic mass is 35.5. The molecular weight excluding hydrogens is 548 g/mol. The molecule has 1 saturated carbocycles. The largest absolute Gasteiger partial charge is 0.497 e. The van der Waals surface area contributed by atoms with Crippen LogP contribution in [0.2, 0.25) is 0 Å². The van der Waals surface area contributed by atoms with Crippen molar-refractivity contribution in [2.75, 3.05) is 51.1 Å². The van der Waals surface area contributed by atoms with Crippen molar-refractivity contribution in [1.29, 1.82) is 5.26 Å². The highest BCUT2D eigenvalue weighted by Crippen LogP contribution is 2.28. The number of aliphatic hydroxyl groups excluding tert-OH is 1. The number of methoxy groups -OCH3 is 1. The van der Waals surface area contributed by atoms with Crippen LogP contribution in [0, 0.1) is 22.7 Å². The van der Waals surface area contributed by atoms with Gasteiger partial charge in [-0.3, -0.25) is 0 Å². The molecule has 9 heteroatoms. The van der Waals surface area contributed by atoms with Crippen molar-refractivity contribution < 1.29 is 9.84 Å². The van der Waals surface area contributed by atoms with E-state index in [4.69, 9.17) is 10.00 Å². The number of anilines is 1. The molecule has 1 unspecified atom stereocenters. The zero-order chi connectivity index (χ0) is 30.4. The summed E-state index contributed by atoms with van der Waals surface area (Å²) in [7, 11) is 1.63. The lowest BCUT2D eigenvalue weighted by molar-refractivity contribution is 0.0724. The molecule has 0 radical (unpaired) electrons. The molecule has 0 spiro atoms. The van der Waals surface area contributed by atoms with Gasteiger partial charge in [0, 0.05) is 45.1 Å². The number of nitrogens with one attached hydrogen (secondary N) is 1. The Morgan fingerprint density at radius 1 is 1.10 bits per heavy atom. The Labute approximate surface area is 258 Å². The van der Waals surface area contributed by atoms with Gasteiger partial charge in [-0.2, -0.15) is 5.26 Å². The monoisotopic (exact) mass is 598 g/mol. The summed E-state index contributed by atoms with van der Waals surface area (Å²) < 4.78 is 4.99. The summed E-state index contributed by atoms with van der Waals surface area (Å²) in [5.74, 6) is 2.59. The number of ether oxygens (including phenoxy) is 1. The van der Waals surface area contributed by atoms with Crippen LogP contribution in [0.25, 0.3) is 5.70 Å². The molecule has 3 heterocycles. The van der Waals surface area contributed by atoms with E-state index >= 15 is 0 Å². The van der Waals surface area contributed by atoms with E-state index in [1.54, 1.807) is 7.11 Å². The maximum absolute atomic E-state index is 9.67. The van der Waals surface area contributed by atoms with Crippen LogP contribution in [-0.2, 0) is 4.74 Å². The Bertz CT molecular complexity index is 1050. The quantitative estimate of drug-likeness (QED) is 0.374. The average molecular weight is 599 g/mol. The third-order valence-electron chi connectivity index (χ3n) is 8.79. The van der Waals surface area contributed by atoms with Crippen LogP contribution < -0.4 is 10.2 Å². The van der Waals surface area contributed by atoms with Gasteiger partial charge in [-0.15, -0.1) is 21.8 Å². The molecule has 0 aromatic carbocycles. The van der Waals surface area contributed by atoms with E-state index in [9.17, 15) is 5.11 Å². The normalized spacial score (nSPS) is 23.8. The summed E-state index contributed by atoms with van der Waals surface area (Å²) in [6.45, 7) is 11.5. The Morgan fingerprint density at radius 3 is 2.33 bits per heavy atom. The number of allylic oxidation sites excluding steroid dienone is 3. The summed E-state index contributed by atoms with van der Waals surface area (Å²) in [5, 5.41) is 30.9. The van der Waals surface area contributed by atoms with Crippen molar-refractivity contribution in [3.63, 3.8) is 0 Å². The zero-order valence-corrected chi connectivity index (χ0v) is 26.7. The average Bonchev–Trinajstić information content (AvgIpc) is 3.05. The fourth-order valence-corrected chi connectivity index (χ4v) is 5.98. The van der Waals surface area contributed by atoms with E-state index in [0.29, 0.717) is 6.04 Å².